The summed E-state index contributed by atoms with van der Waals surface area (Å²) in [5, 5.41) is 9.17. The van der Waals surface area contributed by atoms with Crippen LogP contribution < -0.4 is 4.72 Å². The van der Waals surface area contributed by atoms with Crippen molar-refractivity contribution in [2.24, 2.45) is 0 Å². The second-order valence-corrected chi connectivity index (χ2v) is 5.96. The first-order valence-corrected chi connectivity index (χ1v) is 7.23. The van der Waals surface area contributed by atoms with E-state index in [1.54, 1.807) is 0 Å². The van der Waals surface area contributed by atoms with Gasteiger partial charge in [0.25, 0.3) is 0 Å². The van der Waals surface area contributed by atoms with Crippen LogP contribution in [0.15, 0.2) is 23.1 Å². The summed E-state index contributed by atoms with van der Waals surface area (Å²) in [7, 11) is -2.97. The lowest BCUT2D eigenvalue weighted by molar-refractivity contribution is -0.149. The van der Waals surface area contributed by atoms with Gasteiger partial charge in [-0.05, 0) is 12.1 Å². The number of hydrogen-bond acceptors (Lipinski definition) is 5. The van der Waals surface area contributed by atoms with E-state index in [4.69, 9.17) is 23.2 Å². The molecule has 0 aliphatic carbocycles. The molecule has 6 nitrogen and oxygen atoms in total. The topological polar surface area (TPSA) is 92.7 Å². The maximum atomic E-state index is 11.9. The van der Waals surface area contributed by atoms with Crippen LogP contribution in [-0.4, -0.2) is 39.3 Å². The number of rotatable bonds is 5. The van der Waals surface area contributed by atoms with Crippen LogP contribution in [0.4, 0.5) is 0 Å². The summed E-state index contributed by atoms with van der Waals surface area (Å²) in [6.07, 6.45) is -1.61. The minimum atomic E-state index is -4.04. The van der Waals surface area contributed by atoms with E-state index in [1.165, 1.54) is 18.2 Å². The first-order valence-electron chi connectivity index (χ1n) is 4.99. The molecule has 0 fully saturated rings. The third kappa shape index (κ3) is 4.05. The summed E-state index contributed by atoms with van der Waals surface area (Å²) in [5.41, 5.74) is 0. The predicted octanol–water partition coefficient (Wildman–Crippen LogP) is 0.806. The maximum absolute atomic E-state index is 11.9. The third-order valence-corrected chi connectivity index (χ3v) is 4.51. The van der Waals surface area contributed by atoms with Gasteiger partial charge in [-0.3, -0.25) is 0 Å². The molecule has 0 spiro atoms. The number of ether oxygens (including phenoxy) is 1. The molecule has 1 atom stereocenters. The quantitative estimate of drug-likeness (QED) is 0.780. The second-order valence-electron chi connectivity index (χ2n) is 3.44. The van der Waals surface area contributed by atoms with E-state index in [9.17, 15) is 18.3 Å². The number of aliphatic hydroxyl groups excluding tert-OH is 1. The lowest BCUT2D eigenvalue weighted by Gasteiger charge is -2.12. The Morgan fingerprint density at radius 1 is 1.42 bits per heavy atom. The van der Waals surface area contributed by atoms with Gasteiger partial charge in [0, 0.05) is 6.54 Å². The van der Waals surface area contributed by atoms with Gasteiger partial charge < -0.3 is 9.84 Å². The van der Waals surface area contributed by atoms with Crippen LogP contribution in [0, 0.1) is 0 Å². The van der Waals surface area contributed by atoms with Crippen LogP contribution in [0.25, 0.3) is 0 Å². The zero-order valence-electron chi connectivity index (χ0n) is 9.76. The zero-order valence-corrected chi connectivity index (χ0v) is 12.1. The molecule has 0 radical (unpaired) electrons. The fourth-order valence-corrected chi connectivity index (χ4v) is 3.40. The summed E-state index contributed by atoms with van der Waals surface area (Å²) in [5.74, 6) is -0.951. The molecule has 9 heteroatoms. The van der Waals surface area contributed by atoms with Gasteiger partial charge in [0.2, 0.25) is 10.0 Å². The second kappa shape index (κ2) is 6.53. The average Bonchev–Trinajstić information content (AvgIpc) is 2.34. The number of methoxy groups -OCH3 is 1. The first kappa shape index (κ1) is 16.2. The Labute approximate surface area is 120 Å². The Bertz CT molecular complexity index is 555. The van der Waals surface area contributed by atoms with Crippen LogP contribution in [0.5, 0.6) is 0 Å². The molecule has 0 bridgehead atoms. The smallest absolute Gasteiger partial charge is 0.336 e. The summed E-state index contributed by atoms with van der Waals surface area (Å²) in [4.78, 5) is 10.6. The van der Waals surface area contributed by atoms with Crippen LogP contribution in [0.3, 0.4) is 0 Å². The molecule has 0 aromatic heterocycles. The van der Waals surface area contributed by atoms with Crippen molar-refractivity contribution in [3.63, 3.8) is 0 Å². The number of aliphatic hydroxyl groups is 1. The zero-order chi connectivity index (χ0) is 14.6. The number of carbonyl (C=O) groups is 1. The maximum Gasteiger partial charge on any atom is 0.336 e. The monoisotopic (exact) mass is 327 g/mol. The van der Waals surface area contributed by atoms with Crippen molar-refractivity contribution in [2.45, 2.75) is 11.0 Å². The third-order valence-electron chi connectivity index (χ3n) is 2.13. The van der Waals surface area contributed by atoms with Crippen molar-refractivity contribution >= 4 is 39.2 Å². The van der Waals surface area contributed by atoms with Crippen LogP contribution in [0.2, 0.25) is 10.0 Å². The van der Waals surface area contributed by atoms with Crippen molar-refractivity contribution < 1.29 is 23.1 Å². The lowest BCUT2D eigenvalue weighted by atomic mass is 10.4. The number of benzene rings is 1. The molecule has 1 aromatic rings. The van der Waals surface area contributed by atoms with Crippen LogP contribution >= 0.6 is 23.2 Å². The van der Waals surface area contributed by atoms with Gasteiger partial charge in [0.1, 0.15) is 4.90 Å². The van der Waals surface area contributed by atoms with Crippen molar-refractivity contribution in [3.8, 4) is 0 Å². The van der Waals surface area contributed by atoms with E-state index >= 15 is 0 Å². The van der Waals surface area contributed by atoms with E-state index in [1.807, 2.05) is 4.72 Å². The van der Waals surface area contributed by atoms with E-state index in [2.05, 4.69) is 4.74 Å². The van der Waals surface area contributed by atoms with Gasteiger partial charge in [-0.25, -0.2) is 17.9 Å². The number of carbonyl (C=O) groups excluding carboxylic acids is 1. The Morgan fingerprint density at radius 2 is 1.95 bits per heavy atom. The van der Waals surface area contributed by atoms with Gasteiger partial charge in [-0.1, -0.05) is 29.3 Å². The summed E-state index contributed by atoms with van der Waals surface area (Å²) in [6, 6.07) is 4.21. The van der Waals surface area contributed by atoms with Crippen molar-refractivity contribution in [2.75, 3.05) is 13.7 Å². The summed E-state index contributed by atoms with van der Waals surface area (Å²) in [6.45, 7) is -0.545. The van der Waals surface area contributed by atoms with Crippen molar-refractivity contribution in [3.05, 3.63) is 28.2 Å². The Morgan fingerprint density at radius 3 is 2.42 bits per heavy atom. The number of sulfonamides is 1. The van der Waals surface area contributed by atoms with Gasteiger partial charge in [0.15, 0.2) is 6.10 Å². The van der Waals surface area contributed by atoms with Crippen LogP contribution in [-0.2, 0) is 19.6 Å². The minimum Gasteiger partial charge on any atom is -0.467 e. The highest BCUT2D eigenvalue weighted by Crippen LogP contribution is 2.28. The molecule has 0 amide bonds. The van der Waals surface area contributed by atoms with Crippen molar-refractivity contribution in [1.29, 1.82) is 0 Å². The molecule has 0 saturated carbocycles. The molecule has 0 aliphatic heterocycles. The normalized spacial score (nSPS) is 13.1. The molecule has 19 heavy (non-hydrogen) atoms. The standard InChI is InChI=1S/C10H11Cl2NO5S/c1-18-10(15)8(14)5-13-19(16,17)9-6(11)3-2-4-7(9)12/h2-4,8,13-14H,5H2,1H3. The fraction of sp³-hybridized carbons (Fsp3) is 0.300. The lowest BCUT2D eigenvalue weighted by Crippen LogP contribution is -2.37. The molecular weight excluding hydrogens is 317 g/mol. The molecule has 0 saturated heterocycles. The highest BCUT2D eigenvalue weighted by molar-refractivity contribution is 7.89. The first-order chi connectivity index (χ1) is 8.79. The largest absolute Gasteiger partial charge is 0.467 e. The Balaban J connectivity index is 2.91. The van der Waals surface area contributed by atoms with Gasteiger partial charge >= 0.3 is 5.97 Å². The molecule has 0 heterocycles. The molecular formula is C10H11Cl2NO5S. The van der Waals surface area contributed by atoms with Crippen LogP contribution in [0.1, 0.15) is 0 Å². The molecule has 1 unspecified atom stereocenters. The number of nitrogens with one attached hydrogen (secondary N) is 1. The highest BCUT2D eigenvalue weighted by atomic mass is 35.5. The highest BCUT2D eigenvalue weighted by Gasteiger charge is 2.24. The predicted molar refractivity (Wildman–Crippen MR) is 69.7 cm³/mol. The van der Waals surface area contributed by atoms with E-state index in [0.29, 0.717) is 0 Å². The molecule has 2 N–H and O–H groups in total. The van der Waals surface area contributed by atoms with E-state index < -0.39 is 28.6 Å². The molecule has 1 rings (SSSR count). The Hall–Kier alpha value is -0.860. The summed E-state index contributed by atoms with van der Waals surface area (Å²) < 4.78 is 30.2. The van der Waals surface area contributed by atoms with Crippen molar-refractivity contribution in [1.82, 2.24) is 4.72 Å². The fourth-order valence-electron chi connectivity index (χ4n) is 1.22. The number of halogens is 2. The van der Waals surface area contributed by atoms with Gasteiger partial charge in [-0.15, -0.1) is 0 Å². The minimum absolute atomic E-state index is 0.0624. The molecule has 1 aromatic carbocycles. The Kier molecular flexibility index (Phi) is 5.57. The SMILES string of the molecule is COC(=O)C(O)CNS(=O)(=O)c1c(Cl)cccc1Cl. The molecule has 106 valence electrons. The van der Waals surface area contributed by atoms with E-state index in [-0.39, 0.29) is 14.9 Å². The van der Waals surface area contributed by atoms with Gasteiger partial charge in [0.05, 0.1) is 17.2 Å². The van der Waals surface area contributed by atoms with Gasteiger partial charge in [-0.2, -0.15) is 0 Å². The van der Waals surface area contributed by atoms with E-state index in [0.717, 1.165) is 7.11 Å². The number of hydrogen-bond donors (Lipinski definition) is 2. The summed E-state index contributed by atoms with van der Waals surface area (Å²) >= 11 is 11.5. The average molecular weight is 328 g/mol. The number of esters is 1. The molecule has 0 aliphatic rings.